The van der Waals surface area contributed by atoms with Crippen LogP contribution >= 0.6 is 15.9 Å². The van der Waals surface area contributed by atoms with Crippen LogP contribution in [0.1, 0.15) is 25.5 Å². The Morgan fingerprint density at radius 2 is 2.26 bits per heavy atom. The molecule has 2 atom stereocenters. The first-order chi connectivity index (χ1) is 8.95. The molecule has 19 heavy (non-hydrogen) atoms. The van der Waals surface area contributed by atoms with Gasteiger partial charge in [0.2, 0.25) is 0 Å². The number of amides is 1. The van der Waals surface area contributed by atoms with Gasteiger partial charge in [-0.25, -0.2) is 0 Å². The topological polar surface area (TPSA) is 58.6 Å². The number of carbonyl (C=O) groups is 1. The molecule has 4 nitrogen and oxygen atoms in total. The lowest BCUT2D eigenvalue weighted by molar-refractivity contribution is -0.127. The Labute approximate surface area is 121 Å². The highest BCUT2D eigenvalue weighted by Crippen LogP contribution is 2.29. The van der Waals surface area contributed by atoms with Crippen LogP contribution in [0.25, 0.3) is 0 Å². The molecular formula is C14H18BrNO3. The summed E-state index contributed by atoms with van der Waals surface area (Å²) in [5.74, 6) is 0.277. The molecule has 5 heteroatoms. The average molecular weight is 328 g/mol. The van der Waals surface area contributed by atoms with Crippen molar-refractivity contribution in [2.45, 2.75) is 26.1 Å². The third-order valence-electron chi connectivity index (χ3n) is 2.52. The number of nitrogens with one attached hydrogen (secondary N) is 1. The van der Waals surface area contributed by atoms with Crippen LogP contribution in [-0.2, 0) is 4.79 Å². The van der Waals surface area contributed by atoms with E-state index in [4.69, 9.17) is 4.74 Å². The van der Waals surface area contributed by atoms with E-state index < -0.39 is 12.2 Å². The Hall–Kier alpha value is -1.33. The van der Waals surface area contributed by atoms with Gasteiger partial charge in [0.25, 0.3) is 5.91 Å². The van der Waals surface area contributed by atoms with Gasteiger partial charge in [-0.2, -0.15) is 0 Å². The molecule has 0 heterocycles. The Morgan fingerprint density at radius 1 is 1.58 bits per heavy atom. The summed E-state index contributed by atoms with van der Waals surface area (Å²) < 4.78 is 6.44. The van der Waals surface area contributed by atoms with E-state index in [1.807, 2.05) is 0 Å². The number of hydrogen-bond donors (Lipinski definition) is 2. The van der Waals surface area contributed by atoms with Crippen LogP contribution < -0.4 is 10.1 Å². The van der Waals surface area contributed by atoms with Crippen molar-refractivity contribution >= 4 is 21.8 Å². The molecule has 0 spiro atoms. The molecular weight excluding hydrogens is 310 g/mol. The summed E-state index contributed by atoms with van der Waals surface area (Å²) in [4.78, 5) is 11.7. The highest BCUT2D eigenvalue weighted by Gasteiger charge is 2.17. The highest BCUT2D eigenvalue weighted by molar-refractivity contribution is 9.10. The largest absolute Gasteiger partial charge is 0.481 e. The molecule has 1 amide bonds. The zero-order valence-corrected chi connectivity index (χ0v) is 12.6. The van der Waals surface area contributed by atoms with Crippen LogP contribution in [0.3, 0.4) is 0 Å². The fraction of sp³-hybridized carbons (Fsp3) is 0.357. The zero-order valence-electron chi connectivity index (χ0n) is 11.0. The normalized spacial score (nSPS) is 13.5. The molecule has 2 N–H and O–H groups in total. The second kappa shape index (κ2) is 7.31. The van der Waals surface area contributed by atoms with Crippen LogP contribution in [0.4, 0.5) is 0 Å². The molecule has 0 saturated carbocycles. The van der Waals surface area contributed by atoms with Gasteiger partial charge in [-0.1, -0.05) is 22.0 Å². The predicted octanol–water partition coefficient (Wildman–Crippen LogP) is 2.57. The molecule has 0 fully saturated rings. The van der Waals surface area contributed by atoms with Gasteiger partial charge in [-0.05, 0) is 32.0 Å². The number of carbonyl (C=O) groups excluding carboxylic acids is 1. The second-order valence-corrected chi connectivity index (χ2v) is 5.07. The van der Waals surface area contributed by atoms with Crippen molar-refractivity contribution in [1.82, 2.24) is 5.32 Å². The first-order valence-electron chi connectivity index (χ1n) is 5.98. The van der Waals surface area contributed by atoms with E-state index in [2.05, 4.69) is 27.8 Å². The molecule has 1 aromatic rings. The lowest BCUT2D eigenvalue weighted by Crippen LogP contribution is -2.36. The van der Waals surface area contributed by atoms with Crippen LogP contribution in [0.5, 0.6) is 5.75 Å². The Morgan fingerprint density at radius 3 is 2.84 bits per heavy atom. The van der Waals surface area contributed by atoms with Gasteiger partial charge in [0, 0.05) is 16.6 Å². The number of ether oxygens (including phenoxy) is 1. The second-order valence-electron chi connectivity index (χ2n) is 4.15. The first-order valence-corrected chi connectivity index (χ1v) is 6.77. The fourth-order valence-corrected chi connectivity index (χ4v) is 1.89. The minimum Gasteiger partial charge on any atom is -0.481 e. The molecule has 0 radical (unpaired) electrons. The Balaban J connectivity index is 2.81. The number of benzene rings is 1. The van der Waals surface area contributed by atoms with E-state index in [0.717, 1.165) is 4.47 Å². The summed E-state index contributed by atoms with van der Waals surface area (Å²) in [6.45, 7) is 7.24. The molecule has 0 saturated heterocycles. The maximum Gasteiger partial charge on any atom is 0.261 e. The molecule has 0 bridgehead atoms. The van der Waals surface area contributed by atoms with E-state index in [1.54, 1.807) is 38.1 Å². The minimum atomic E-state index is -0.670. The SMILES string of the molecule is C=CCNC(=O)C(C)Oc1ccc(Br)cc1[C@H](C)O. The molecule has 104 valence electrons. The van der Waals surface area contributed by atoms with E-state index in [9.17, 15) is 9.90 Å². The summed E-state index contributed by atoms with van der Waals surface area (Å²) in [6.07, 6.45) is 0.292. The third kappa shape index (κ3) is 4.69. The summed E-state index contributed by atoms with van der Waals surface area (Å²) in [5, 5.41) is 12.4. The monoisotopic (exact) mass is 327 g/mol. The molecule has 1 aromatic carbocycles. The van der Waals surface area contributed by atoms with Crippen molar-refractivity contribution in [3.63, 3.8) is 0 Å². The molecule has 0 aliphatic heterocycles. The predicted molar refractivity (Wildman–Crippen MR) is 78.1 cm³/mol. The van der Waals surface area contributed by atoms with Crippen LogP contribution in [0.15, 0.2) is 35.3 Å². The number of halogens is 1. The summed E-state index contributed by atoms with van der Waals surface area (Å²) >= 11 is 3.34. The number of aliphatic hydroxyl groups excluding tert-OH is 1. The maximum absolute atomic E-state index is 11.7. The minimum absolute atomic E-state index is 0.223. The Bertz CT molecular complexity index is 460. The van der Waals surface area contributed by atoms with E-state index in [-0.39, 0.29) is 5.91 Å². The van der Waals surface area contributed by atoms with Crippen molar-refractivity contribution in [2.75, 3.05) is 6.54 Å². The van der Waals surface area contributed by atoms with Crippen molar-refractivity contribution < 1.29 is 14.6 Å². The van der Waals surface area contributed by atoms with Gasteiger partial charge in [-0.3, -0.25) is 4.79 Å². The smallest absolute Gasteiger partial charge is 0.261 e. The zero-order chi connectivity index (χ0) is 14.4. The Kier molecular flexibility index (Phi) is 6.05. The maximum atomic E-state index is 11.7. The fourth-order valence-electron chi connectivity index (χ4n) is 1.51. The highest BCUT2D eigenvalue weighted by atomic mass is 79.9. The van der Waals surface area contributed by atoms with Gasteiger partial charge in [0.1, 0.15) is 5.75 Å². The first kappa shape index (κ1) is 15.7. The van der Waals surface area contributed by atoms with Crippen molar-refractivity contribution in [3.8, 4) is 5.75 Å². The average Bonchev–Trinajstić information content (AvgIpc) is 2.37. The third-order valence-corrected chi connectivity index (χ3v) is 3.01. The number of hydrogen-bond acceptors (Lipinski definition) is 3. The van der Waals surface area contributed by atoms with E-state index in [1.165, 1.54) is 0 Å². The van der Waals surface area contributed by atoms with Gasteiger partial charge in [0.05, 0.1) is 6.10 Å². The van der Waals surface area contributed by atoms with Gasteiger partial charge >= 0.3 is 0 Å². The van der Waals surface area contributed by atoms with Gasteiger partial charge < -0.3 is 15.2 Å². The van der Waals surface area contributed by atoms with Crippen LogP contribution in [0.2, 0.25) is 0 Å². The number of rotatable bonds is 6. The summed E-state index contributed by atoms with van der Waals surface area (Å²) in [5.41, 5.74) is 0.637. The summed E-state index contributed by atoms with van der Waals surface area (Å²) in [7, 11) is 0. The molecule has 0 aromatic heterocycles. The van der Waals surface area contributed by atoms with Crippen LogP contribution in [0, 0.1) is 0 Å². The van der Waals surface area contributed by atoms with Gasteiger partial charge in [-0.15, -0.1) is 6.58 Å². The molecule has 1 rings (SSSR count). The van der Waals surface area contributed by atoms with Gasteiger partial charge in [0.15, 0.2) is 6.10 Å². The lowest BCUT2D eigenvalue weighted by Gasteiger charge is -2.18. The van der Waals surface area contributed by atoms with E-state index in [0.29, 0.717) is 17.9 Å². The lowest BCUT2D eigenvalue weighted by atomic mass is 10.1. The van der Waals surface area contributed by atoms with Crippen LogP contribution in [-0.4, -0.2) is 23.7 Å². The standard InChI is InChI=1S/C14H18BrNO3/c1-4-7-16-14(18)10(3)19-13-6-5-11(15)8-12(13)9(2)17/h4-6,8-10,17H,1,7H2,2-3H3,(H,16,18)/t9-,10?/m0/s1. The quantitative estimate of drug-likeness (QED) is 0.789. The van der Waals surface area contributed by atoms with Crippen molar-refractivity contribution in [3.05, 3.63) is 40.9 Å². The summed E-state index contributed by atoms with van der Waals surface area (Å²) in [6, 6.07) is 5.30. The number of aliphatic hydroxyl groups is 1. The van der Waals surface area contributed by atoms with Crippen molar-refractivity contribution in [2.24, 2.45) is 0 Å². The molecule has 1 unspecified atom stereocenters. The van der Waals surface area contributed by atoms with Crippen molar-refractivity contribution in [1.29, 1.82) is 0 Å². The van der Waals surface area contributed by atoms with E-state index >= 15 is 0 Å². The molecule has 0 aliphatic rings. The molecule has 0 aliphatic carbocycles.